The maximum absolute atomic E-state index is 11.5. The van der Waals surface area contributed by atoms with E-state index in [9.17, 15) is 4.79 Å². The van der Waals surface area contributed by atoms with Gasteiger partial charge in [-0.05, 0) is 36.3 Å². The summed E-state index contributed by atoms with van der Waals surface area (Å²) in [6.07, 6.45) is 1.86. The van der Waals surface area contributed by atoms with Crippen molar-refractivity contribution in [1.82, 2.24) is 5.32 Å². The molecule has 0 spiro atoms. The van der Waals surface area contributed by atoms with Crippen molar-refractivity contribution in [2.24, 2.45) is 0 Å². The molecule has 2 rings (SSSR count). The molecule has 1 saturated heterocycles. The Bertz CT molecular complexity index is 511. The van der Waals surface area contributed by atoms with Crippen molar-refractivity contribution in [3.05, 3.63) is 38.7 Å². The molecule has 1 aliphatic rings. The molecule has 0 radical (unpaired) electrons. The zero-order chi connectivity index (χ0) is 11.7. The smallest absolute Gasteiger partial charge is 0.263 e. The second kappa shape index (κ2) is 4.69. The Labute approximate surface area is 112 Å². The molecule has 0 bridgehead atoms. The van der Waals surface area contributed by atoms with E-state index in [1.165, 1.54) is 11.8 Å². The van der Waals surface area contributed by atoms with Crippen LogP contribution in [-0.4, -0.2) is 10.2 Å². The van der Waals surface area contributed by atoms with E-state index in [1.54, 1.807) is 0 Å². The highest BCUT2D eigenvalue weighted by Gasteiger charge is 2.22. The summed E-state index contributed by atoms with van der Waals surface area (Å²) >= 11 is 9.64. The minimum absolute atomic E-state index is 0.116. The second-order valence-electron chi connectivity index (χ2n) is 3.35. The van der Waals surface area contributed by atoms with Gasteiger partial charge in [-0.3, -0.25) is 4.79 Å². The molecule has 1 fully saturated rings. The lowest BCUT2D eigenvalue weighted by Gasteiger charge is -2.01. The number of rotatable bonds is 1. The van der Waals surface area contributed by atoms with E-state index in [0.29, 0.717) is 9.23 Å². The Kier molecular flexibility index (Phi) is 3.47. The zero-order valence-electron chi connectivity index (χ0n) is 8.41. The summed E-state index contributed by atoms with van der Waals surface area (Å²) in [6, 6.07) is 5.97. The predicted molar refractivity (Wildman–Crippen MR) is 75.2 cm³/mol. The molecular weight excluding hydrogens is 306 g/mol. The number of nitrogens with one attached hydrogen (secondary N) is 1. The minimum atomic E-state index is -0.116. The Balaban J connectivity index is 2.39. The fourth-order valence-corrected chi connectivity index (χ4v) is 2.74. The number of hydrogen-bond acceptors (Lipinski definition) is 3. The van der Waals surface area contributed by atoms with Crippen LogP contribution in [0, 0.1) is 6.92 Å². The van der Waals surface area contributed by atoms with E-state index in [0.717, 1.165) is 15.6 Å². The average molecular weight is 314 g/mol. The van der Waals surface area contributed by atoms with Gasteiger partial charge in [0.1, 0.15) is 4.32 Å². The van der Waals surface area contributed by atoms with Gasteiger partial charge in [-0.1, -0.05) is 46.0 Å². The molecule has 1 aliphatic heterocycles. The molecule has 5 heteroatoms. The SMILES string of the molecule is Cc1ccc(Br)cc1/C=C1\SC(=S)NC1=O. The first-order valence-corrected chi connectivity index (χ1v) is 6.59. The van der Waals surface area contributed by atoms with Crippen molar-refractivity contribution >= 4 is 56.2 Å². The standard InChI is InChI=1S/C11H8BrNOS2/c1-6-2-3-8(12)4-7(6)5-9-10(14)13-11(15)16-9/h2-5H,1H3,(H,13,14,15)/b9-5-. The van der Waals surface area contributed by atoms with E-state index in [-0.39, 0.29) is 5.91 Å². The van der Waals surface area contributed by atoms with Crippen LogP contribution in [0.4, 0.5) is 0 Å². The third kappa shape index (κ3) is 2.53. The fraction of sp³-hybridized carbons (Fsp3) is 0.0909. The number of thiocarbonyl (C=S) groups is 1. The summed E-state index contributed by atoms with van der Waals surface area (Å²) in [7, 11) is 0. The summed E-state index contributed by atoms with van der Waals surface area (Å²) in [5.74, 6) is -0.116. The topological polar surface area (TPSA) is 29.1 Å². The molecule has 1 heterocycles. The van der Waals surface area contributed by atoms with Crippen LogP contribution >= 0.6 is 39.9 Å². The van der Waals surface area contributed by atoms with Gasteiger partial charge < -0.3 is 5.32 Å². The van der Waals surface area contributed by atoms with Crippen LogP contribution in [0.2, 0.25) is 0 Å². The molecule has 16 heavy (non-hydrogen) atoms. The molecule has 0 unspecified atom stereocenters. The minimum Gasteiger partial charge on any atom is -0.307 e. The Hall–Kier alpha value is -0.650. The first kappa shape index (κ1) is 11.8. The molecule has 2 nitrogen and oxygen atoms in total. The summed E-state index contributed by atoms with van der Waals surface area (Å²) in [4.78, 5) is 12.1. The van der Waals surface area contributed by atoms with Gasteiger partial charge in [0.2, 0.25) is 0 Å². The van der Waals surface area contributed by atoms with Gasteiger partial charge in [-0.2, -0.15) is 0 Å². The van der Waals surface area contributed by atoms with E-state index in [1.807, 2.05) is 31.2 Å². The van der Waals surface area contributed by atoms with Crippen molar-refractivity contribution in [2.75, 3.05) is 0 Å². The maximum Gasteiger partial charge on any atom is 0.263 e. The average Bonchev–Trinajstić information content (AvgIpc) is 2.51. The highest BCUT2D eigenvalue weighted by molar-refractivity contribution is 9.10. The van der Waals surface area contributed by atoms with Crippen LogP contribution in [0.1, 0.15) is 11.1 Å². The van der Waals surface area contributed by atoms with Crippen LogP contribution < -0.4 is 5.32 Å². The van der Waals surface area contributed by atoms with Gasteiger partial charge in [-0.25, -0.2) is 0 Å². The van der Waals surface area contributed by atoms with Crippen LogP contribution in [0.15, 0.2) is 27.6 Å². The highest BCUT2D eigenvalue weighted by atomic mass is 79.9. The Morgan fingerprint density at radius 3 is 2.88 bits per heavy atom. The Morgan fingerprint density at radius 1 is 1.50 bits per heavy atom. The van der Waals surface area contributed by atoms with Gasteiger partial charge in [-0.15, -0.1) is 0 Å². The molecule has 1 aromatic carbocycles. The van der Waals surface area contributed by atoms with Gasteiger partial charge in [0.15, 0.2) is 0 Å². The highest BCUT2D eigenvalue weighted by Crippen LogP contribution is 2.27. The lowest BCUT2D eigenvalue weighted by Crippen LogP contribution is -2.17. The summed E-state index contributed by atoms with van der Waals surface area (Å²) in [5.41, 5.74) is 2.15. The lowest BCUT2D eigenvalue weighted by atomic mass is 10.1. The summed E-state index contributed by atoms with van der Waals surface area (Å²) in [6.45, 7) is 2.01. The molecule has 0 aliphatic carbocycles. The number of hydrogen-bond donors (Lipinski definition) is 1. The number of amides is 1. The van der Waals surface area contributed by atoms with Crippen LogP contribution in [0.5, 0.6) is 0 Å². The maximum atomic E-state index is 11.5. The molecule has 1 N–H and O–H groups in total. The number of benzene rings is 1. The zero-order valence-corrected chi connectivity index (χ0v) is 11.6. The lowest BCUT2D eigenvalue weighted by molar-refractivity contribution is -0.115. The number of halogens is 1. The molecule has 1 amide bonds. The van der Waals surface area contributed by atoms with Crippen LogP contribution in [0.3, 0.4) is 0 Å². The number of carbonyl (C=O) groups excluding carboxylic acids is 1. The van der Waals surface area contributed by atoms with E-state index < -0.39 is 0 Å². The van der Waals surface area contributed by atoms with Crippen LogP contribution in [0.25, 0.3) is 6.08 Å². The second-order valence-corrected chi connectivity index (χ2v) is 5.99. The summed E-state index contributed by atoms with van der Waals surface area (Å²) < 4.78 is 1.51. The predicted octanol–water partition coefficient (Wildman–Crippen LogP) is 3.25. The summed E-state index contributed by atoms with van der Waals surface area (Å²) in [5, 5.41) is 2.60. The monoisotopic (exact) mass is 313 g/mol. The third-order valence-electron chi connectivity index (χ3n) is 2.17. The quantitative estimate of drug-likeness (QED) is 0.637. The fourth-order valence-electron chi connectivity index (χ4n) is 1.33. The number of carbonyl (C=O) groups is 1. The molecular formula is C11H8BrNOS2. The normalized spacial score (nSPS) is 18.0. The van der Waals surface area contributed by atoms with Crippen molar-refractivity contribution in [3.63, 3.8) is 0 Å². The van der Waals surface area contributed by atoms with E-state index >= 15 is 0 Å². The molecule has 82 valence electrons. The van der Waals surface area contributed by atoms with Crippen molar-refractivity contribution in [2.45, 2.75) is 6.92 Å². The number of thioether (sulfide) groups is 1. The van der Waals surface area contributed by atoms with Crippen molar-refractivity contribution in [1.29, 1.82) is 0 Å². The largest absolute Gasteiger partial charge is 0.307 e. The van der Waals surface area contributed by atoms with E-state index in [2.05, 4.69) is 21.2 Å². The van der Waals surface area contributed by atoms with Crippen molar-refractivity contribution in [3.8, 4) is 0 Å². The third-order valence-corrected chi connectivity index (χ3v) is 3.83. The molecule has 0 atom stereocenters. The van der Waals surface area contributed by atoms with Gasteiger partial charge in [0.05, 0.1) is 4.91 Å². The van der Waals surface area contributed by atoms with Gasteiger partial charge in [0.25, 0.3) is 5.91 Å². The molecule has 0 saturated carbocycles. The number of aryl methyl sites for hydroxylation is 1. The van der Waals surface area contributed by atoms with E-state index in [4.69, 9.17) is 12.2 Å². The van der Waals surface area contributed by atoms with Crippen LogP contribution in [-0.2, 0) is 4.79 Å². The van der Waals surface area contributed by atoms with Gasteiger partial charge >= 0.3 is 0 Å². The molecule has 0 aromatic heterocycles. The van der Waals surface area contributed by atoms with Gasteiger partial charge in [0, 0.05) is 4.47 Å². The first-order valence-electron chi connectivity index (χ1n) is 4.57. The van der Waals surface area contributed by atoms with Crippen molar-refractivity contribution < 1.29 is 4.79 Å². The first-order chi connectivity index (χ1) is 7.56. The Morgan fingerprint density at radius 2 is 2.25 bits per heavy atom. The molecule has 1 aromatic rings.